The van der Waals surface area contributed by atoms with Gasteiger partial charge in [0.15, 0.2) is 0 Å². The number of likely N-dealkylation sites (tertiary alicyclic amines) is 1. The summed E-state index contributed by atoms with van der Waals surface area (Å²) in [5.41, 5.74) is 2.26. The lowest BCUT2D eigenvalue weighted by Crippen LogP contribution is -2.40. The Hall–Kier alpha value is -3.61. The fraction of sp³-hybridized carbons (Fsp3) is 0.261. The van der Waals surface area contributed by atoms with Gasteiger partial charge in [-0.05, 0) is 48.6 Å². The molecule has 0 saturated carbocycles. The molecule has 1 aliphatic rings. The summed E-state index contributed by atoms with van der Waals surface area (Å²) in [6, 6.07) is 17.3. The molecule has 0 spiro atoms. The summed E-state index contributed by atoms with van der Waals surface area (Å²) in [6.07, 6.45) is 3.64. The van der Waals surface area contributed by atoms with E-state index in [0.29, 0.717) is 24.5 Å². The number of para-hydroxylation sites is 1. The minimum absolute atomic E-state index is 0.00558. The van der Waals surface area contributed by atoms with E-state index < -0.39 is 0 Å². The molecule has 2 aromatic carbocycles. The smallest absolute Gasteiger partial charge is 0.350 e. The highest BCUT2D eigenvalue weighted by Gasteiger charge is 2.30. The van der Waals surface area contributed by atoms with Crippen molar-refractivity contribution in [3.8, 4) is 5.69 Å². The Morgan fingerprint density at radius 1 is 1.13 bits per heavy atom. The first-order valence-electron chi connectivity index (χ1n) is 10.2. The van der Waals surface area contributed by atoms with Crippen LogP contribution in [0.15, 0.2) is 65.6 Å². The highest BCUT2D eigenvalue weighted by Crippen LogP contribution is 2.28. The van der Waals surface area contributed by atoms with E-state index in [1.165, 1.54) is 4.68 Å². The summed E-state index contributed by atoms with van der Waals surface area (Å²) in [7, 11) is 1.67. The number of nitrogens with zero attached hydrogens (tertiary/aromatic N) is 4. The van der Waals surface area contributed by atoms with E-state index in [1.54, 1.807) is 11.6 Å². The van der Waals surface area contributed by atoms with E-state index in [0.717, 1.165) is 29.4 Å². The summed E-state index contributed by atoms with van der Waals surface area (Å²) < 4.78 is 3.05. The summed E-state index contributed by atoms with van der Waals surface area (Å²) >= 11 is 0. The Kier molecular flexibility index (Phi) is 4.50. The van der Waals surface area contributed by atoms with Crippen LogP contribution < -0.4 is 5.69 Å². The first kappa shape index (κ1) is 18.4. The van der Waals surface area contributed by atoms with Crippen molar-refractivity contribution in [3.05, 3.63) is 82.7 Å². The van der Waals surface area contributed by atoms with E-state index in [2.05, 4.69) is 10.1 Å². The number of nitrogens with one attached hydrogen (secondary N) is 1. The van der Waals surface area contributed by atoms with Crippen LogP contribution in [-0.2, 0) is 7.05 Å². The highest BCUT2D eigenvalue weighted by atomic mass is 16.2. The number of hydrogen-bond donors (Lipinski definition) is 1. The Bertz CT molecular complexity index is 1270. The third-order valence-corrected chi connectivity index (χ3v) is 5.84. The lowest BCUT2D eigenvalue weighted by molar-refractivity contribution is 0.0704. The molecule has 152 valence electrons. The van der Waals surface area contributed by atoms with Crippen molar-refractivity contribution in [2.24, 2.45) is 7.05 Å². The van der Waals surface area contributed by atoms with Crippen LogP contribution in [-0.4, -0.2) is 43.2 Å². The van der Waals surface area contributed by atoms with Crippen molar-refractivity contribution in [2.45, 2.75) is 18.8 Å². The molecule has 0 bridgehead atoms. The molecule has 1 N–H and O–H groups in total. The quantitative estimate of drug-likeness (QED) is 0.573. The van der Waals surface area contributed by atoms with Crippen LogP contribution in [0.25, 0.3) is 16.6 Å². The molecule has 7 heteroatoms. The molecule has 2 aromatic heterocycles. The second-order valence-electron chi connectivity index (χ2n) is 7.81. The number of aromatic nitrogens is 4. The number of hydrogen-bond acceptors (Lipinski definition) is 3. The number of carbonyl (C=O) groups is 1. The van der Waals surface area contributed by atoms with Gasteiger partial charge < -0.3 is 9.88 Å². The lowest BCUT2D eigenvalue weighted by atomic mass is 9.96. The van der Waals surface area contributed by atoms with Crippen molar-refractivity contribution < 1.29 is 4.79 Å². The SMILES string of the molecule is Cn1nc(C2CCCN(C(=O)c3ccc4cc[nH]c4c3)C2)n(-c2ccccc2)c1=O. The zero-order chi connectivity index (χ0) is 20.7. The number of rotatable bonds is 3. The van der Waals surface area contributed by atoms with E-state index in [1.807, 2.05) is 65.7 Å². The topological polar surface area (TPSA) is 75.9 Å². The minimum Gasteiger partial charge on any atom is -0.361 e. The molecule has 1 atom stereocenters. The van der Waals surface area contributed by atoms with Crippen molar-refractivity contribution in [3.63, 3.8) is 0 Å². The molecule has 1 aliphatic heterocycles. The number of fused-ring (bicyclic) bond motifs is 1. The number of H-pyrrole nitrogens is 1. The molecule has 1 fully saturated rings. The molecule has 1 amide bonds. The zero-order valence-electron chi connectivity index (χ0n) is 16.8. The van der Waals surface area contributed by atoms with E-state index in [9.17, 15) is 9.59 Å². The van der Waals surface area contributed by atoms with Gasteiger partial charge in [-0.3, -0.25) is 4.79 Å². The average molecular weight is 401 g/mol. The zero-order valence-corrected chi connectivity index (χ0v) is 16.8. The molecule has 0 radical (unpaired) electrons. The van der Waals surface area contributed by atoms with Gasteiger partial charge in [0.2, 0.25) is 0 Å². The Labute approximate surface area is 173 Å². The minimum atomic E-state index is -0.170. The summed E-state index contributed by atoms with van der Waals surface area (Å²) in [4.78, 5) is 31.0. The van der Waals surface area contributed by atoms with Crippen molar-refractivity contribution in [1.82, 2.24) is 24.2 Å². The molecule has 1 unspecified atom stereocenters. The number of aryl methyl sites for hydroxylation is 1. The van der Waals surface area contributed by atoms with Crippen LogP contribution in [0.4, 0.5) is 0 Å². The number of piperidine rings is 1. The molecule has 4 aromatic rings. The Morgan fingerprint density at radius 2 is 1.97 bits per heavy atom. The van der Waals surface area contributed by atoms with Crippen LogP contribution in [0.3, 0.4) is 0 Å². The summed E-state index contributed by atoms with van der Waals surface area (Å²) in [5, 5.41) is 5.62. The van der Waals surface area contributed by atoms with E-state index >= 15 is 0 Å². The van der Waals surface area contributed by atoms with Gasteiger partial charge in [0.25, 0.3) is 5.91 Å². The highest BCUT2D eigenvalue weighted by molar-refractivity contribution is 5.98. The van der Waals surface area contributed by atoms with Gasteiger partial charge in [-0.25, -0.2) is 14.0 Å². The molecule has 5 rings (SSSR count). The van der Waals surface area contributed by atoms with Gasteiger partial charge in [-0.1, -0.05) is 24.3 Å². The number of aromatic amines is 1. The van der Waals surface area contributed by atoms with Crippen LogP contribution in [0, 0.1) is 0 Å². The standard InChI is InChI=1S/C23H23N5O2/c1-26-23(30)28(19-7-3-2-4-8-19)21(25-26)18-6-5-13-27(15-18)22(29)17-10-9-16-11-12-24-20(16)14-17/h2-4,7-12,14,18,24H,5-6,13,15H2,1H3. The summed E-state index contributed by atoms with van der Waals surface area (Å²) in [6.45, 7) is 1.26. The van der Waals surface area contributed by atoms with Crippen molar-refractivity contribution in [2.75, 3.05) is 13.1 Å². The monoisotopic (exact) mass is 401 g/mol. The Morgan fingerprint density at radius 3 is 2.80 bits per heavy atom. The van der Waals surface area contributed by atoms with Crippen molar-refractivity contribution in [1.29, 1.82) is 0 Å². The maximum atomic E-state index is 13.2. The molecule has 3 heterocycles. The number of amides is 1. The van der Waals surface area contributed by atoms with Crippen LogP contribution in [0.2, 0.25) is 0 Å². The van der Waals surface area contributed by atoms with Gasteiger partial charge in [-0.2, -0.15) is 5.10 Å². The Balaban J connectivity index is 1.45. The fourth-order valence-corrected chi connectivity index (χ4v) is 4.30. The lowest BCUT2D eigenvalue weighted by Gasteiger charge is -2.32. The normalized spacial score (nSPS) is 16.8. The van der Waals surface area contributed by atoms with Crippen molar-refractivity contribution >= 4 is 16.8 Å². The van der Waals surface area contributed by atoms with E-state index in [-0.39, 0.29) is 17.5 Å². The predicted molar refractivity (Wildman–Crippen MR) is 115 cm³/mol. The second-order valence-corrected chi connectivity index (χ2v) is 7.81. The first-order valence-corrected chi connectivity index (χ1v) is 10.2. The van der Waals surface area contributed by atoms with Crippen LogP contribution in [0.1, 0.15) is 34.9 Å². The molecule has 0 aliphatic carbocycles. The fourth-order valence-electron chi connectivity index (χ4n) is 4.30. The van der Waals surface area contributed by atoms with Gasteiger partial charge in [0.05, 0.1) is 5.69 Å². The third-order valence-electron chi connectivity index (χ3n) is 5.84. The largest absolute Gasteiger partial charge is 0.361 e. The second kappa shape index (κ2) is 7.33. The van der Waals surface area contributed by atoms with Gasteiger partial charge >= 0.3 is 5.69 Å². The molecular weight excluding hydrogens is 378 g/mol. The van der Waals surface area contributed by atoms with Gasteiger partial charge in [-0.15, -0.1) is 0 Å². The third kappa shape index (κ3) is 3.12. The molecule has 1 saturated heterocycles. The maximum Gasteiger partial charge on any atom is 0.350 e. The number of carbonyl (C=O) groups excluding carboxylic acids is 1. The molecular formula is C23H23N5O2. The maximum absolute atomic E-state index is 13.2. The van der Waals surface area contributed by atoms with Gasteiger partial charge in [0, 0.05) is 43.3 Å². The molecule has 7 nitrogen and oxygen atoms in total. The average Bonchev–Trinajstić information content (AvgIpc) is 3.37. The van der Waals surface area contributed by atoms with Crippen LogP contribution >= 0.6 is 0 Å². The van der Waals surface area contributed by atoms with Gasteiger partial charge in [0.1, 0.15) is 5.82 Å². The predicted octanol–water partition coefficient (Wildman–Crippen LogP) is 3.07. The molecule has 30 heavy (non-hydrogen) atoms. The number of benzene rings is 2. The first-order chi connectivity index (χ1) is 14.6. The van der Waals surface area contributed by atoms with E-state index in [4.69, 9.17) is 0 Å². The summed E-state index contributed by atoms with van der Waals surface area (Å²) in [5.74, 6) is 0.734. The van der Waals surface area contributed by atoms with Crippen LogP contribution in [0.5, 0.6) is 0 Å².